The van der Waals surface area contributed by atoms with Crippen LogP contribution in [0, 0.1) is 5.92 Å². The lowest BCUT2D eigenvalue weighted by molar-refractivity contribution is -0.256. The molecule has 9 atom stereocenters. The molecule has 24 nitrogen and oxygen atoms in total. The Kier molecular flexibility index (Phi) is 17.1. The Labute approximate surface area is 413 Å². The van der Waals surface area contributed by atoms with E-state index in [1.165, 1.54) is 32.4 Å². The Balaban J connectivity index is 0.834. The van der Waals surface area contributed by atoms with Gasteiger partial charge in [0.05, 0.1) is 114 Å². The molecule has 1 unspecified atom stereocenters. The number of rotatable bonds is 21. The summed E-state index contributed by atoms with van der Waals surface area (Å²) >= 11 is 0. The van der Waals surface area contributed by atoms with Crippen LogP contribution in [0.3, 0.4) is 0 Å². The molecule has 0 saturated carbocycles. The first-order valence-corrected chi connectivity index (χ1v) is 24.0. The number of amides is 3. The molecule has 0 bridgehead atoms. The van der Waals surface area contributed by atoms with Crippen LogP contribution in [0.1, 0.15) is 88.1 Å². The number of aliphatic carboxylic acids is 1. The number of carboxylic acid groups (broad SMARTS) is 1. The van der Waals surface area contributed by atoms with Crippen LogP contribution >= 0.6 is 0 Å². The lowest BCUT2D eigenvalue weighted by Gasteiger charge is -2.43. The van der Waals surface area contributed by atoms with Crippen LogP contribution in [0.25, 0.3) is 0 Å². The van der Waals surface area contributed by atoms with E-state index in [-0.39, 0.29) is 119 Å². The molecular formula is C48H62N4O20. The number of methoxy groups -OCH3 is 2. The summed E-state index contributed by atoms with van der Waals surface area (Å²) in [5.74, 6) is -6.26. The van der Waals surface area contributed by atoms with Gasteiger partial charge in [0.15, 0.2) is 30.2 Å². The third-order valence-corrected chi connectivity index (χ3v) is 13.9. The molecule has 4 aliphatic heterocycles. The zero-order chi connectivity index (χ0) is 51.3. The number of phenolic OH excluding ortho intramolecular Hbond substituents is 2. The monoisotopic (exact) mass is 1010 g/mol. The van der Waals surface area contributed by atoms with E-state index in [9.17, 15) is 44.1 Å². The fourth-order valence-corrected chi connectivity index (χ4v) is 10.2. The highest BCUT2D eigenvalue weighted by molar-refractivity contribution is 6.31. The van der Waals surface area contributed by atoms with Crippen molar-refractivity contribution in [1.82, 2.24) is 20.7 Å². The first kappa shape index (κ1) is 52.9. The smallest absolute Gasteiger partial charge is 0.308 e. The van der Waals surface area contributed by atoms with Crippen molar-refractivity contribution in [2.75, 3.05) is 93.3 Å². The number of carbonyl (C=O) groups is 6. The normalized spacial score (nSPS) is 27.6. The molecule has 2 aromatic carbocycles. The predicted molar refractivity (Wildman–Crippen MR) is 243 cm³/mol. The lowest BCUT2D eigenvalue weighted by Crippen LogP contribution is -2.57. The average Bonchev–Trinajstić information content (AvgIpc) is 4.02. The molecule has 4 fully saturated rings. The zero-order valence-corrected chi connectivity index (χ0v) is 40.3. The van der Waals surface area contributed by atoms with E-state index in [4.69, 9.17) is 52.5 Å². The summed E-state index contributed by atoms with van der Waals surface area (Å²) < 4.78 is 57.7. The summed E-state index contributed by atoms with van der Waals surface area (Å²) in [5.41, 5.74) is 0.519. The summed E-state index contributed by atoms with van der Waals surface area (Å²) in [5, 5.41) is 45.3. The van der Waals surface area contributed by atoms with Gasteiger partial charge in [0.25, 0.3) is 5.91 Å². The number of phenols is 2. The van der Waals surface area contributed by atoms with Gasteiger partial charge in [-0.2, -0.15) is 0 Å². The van der Waals surface area contributed by atoms with Gasteiger partial charge < -0.3 is 72.7 Å². The van der Waals surface area contributed by atoms with Gasteiger partial charge in [-0.15, -0.1) is 0 Å². The largest absolute Gasteiger partial charge is 0.507 e. The van der Waals surface area contributed by atoms with Crippen LogP contribution in [0.2, 0.25) is 0 Å². The molecule has 3 amide bonds. The fourth-order valence-electron chi connectivity index (χ4n) is 10.2. The SMILES string of the molecule is COc1cccc2c1C(=O)c1c(O)c3c(c(O)c1C2=O)C[C@@](O)(C(=O)NNC(=O)CCOCCOCCOCCOCCC(=O)N1CCC(C(=O)O)C1)C[C@@H]3O[C@H]1C[C@H]2[C@H](O[C@@H]3[C@@H](OC)OCCN32)[C@H](C)O1. The van der Waals surface area contributed by atoms with Crippen molar-refractivity contribution in [1.29, 1.82) is 0 Å². The van der Waals surface area contributed by atoms with E-state index in [1.54, 1.807) is 11.8 Å². The first-order chi connectivity index (χ1) is 34.6. The Morgan fingerprint density at radius 3 is 2.19 bits per heavy atom. The maximum atomic E-state index is 14.2. The van der Waals surface area contributed by atoms with E-state index in [0.717, 1.165) is 0 Å². The van der Waals surface area contributed by atoms with Crippen molar-refractivity contribution in [3.63, 3.8) is 0 Å². The molecule has 72 heavy (non-hydrogen) atoms. The number of nitrogens with one attached hydrogen (secondary N) is 2. The number of hydrogen-bond acceptors (Lipinski definition) is 20. The van der Waals surface area contributed by atoms with E-state index in [0.29, 0.717) is 26.1 Å². The second kappa shape index (κ2) is 23.2. The highest BCUT2D eigenvalue weighted by atomic mass is 16.7. The zero-order valence-electron chi connectivity index (χ0n) is 40.3. The number of aliphatic hydroxyl groups is 1. The van der Waals surface area contributed by atoms with E-state index >= 15 is 0 Å². The van der Waals surface area contributed by atoms with Crippen molar-refractivity contribution >= 4 is 35.3 Å². The number of hydrazine groups is 1. The second-order valence-electron chi connectivity index (χ2n) is 18.3. The number of likely N-dealkylation sites (tertiary alicyclic amines) is 1. The second-order valence-corrected chi connectivity index (χ2v) is 18.3. The Bertz CT molecular complexity index is 2370. The molecule has 8 rings (SSSR count). The van der Waals surface area contributed by atoms with Crippen LogP contribution in [0.5, 0.6) is 17.2 Å². The lowest BCUT2D eigenvalue weighted by atomic mass is 9.72. The third kappa shape index (κ3) is 11.1. The highest BCUT2D eigenvalue weighted by Gasteiger charge is 2.55. The van der Waals surface area contributed by atoms with Gasteiger partial charge in [-0.3, -0.25) is 44.5 Å². The van der Waals surface area contributed by atoms with Gasteiger partial charge in [0.1, 0.15) is 23.4 Å². The molecule has 6 aliphatic rings. The van der Waals surface area contributed by atoms with Crippen LogP contribution in [-0.2, 0) is 68.2 Å². The fraction of sp³-hybridized carbons (Fsp3) is 0.625. The molecule has 2 aliphatic carbocycles. The van der Waals surface area contributed by atoms with E-state index < -0.39 is 113 Å². The summed E-state index contributed by atoms with van der Waals surface area (Å²) in [6.07, 6.45) is -5.15. The molecule has 2 aromatic rings. The minimum absolute atomic E-state index is 0.0447. The van der Waals surface area contributed by atoms with E-state index in [1.807, 2.05) is 0 Å². The Morgan fingerprint density at radius 2 is 1.53 bits per heavy atom. The Morgan fingerprint density at radius 1 is 0.847 bits per heavy atom. The van der Waals surface area contributed by atoms with Crippen LogP contribution in [-0.4, -0.2) is 201 Å². The number of ether oxygens (including phenoxy) is 10. The molecule has 0 spiro atoms. The van der Waals surface area contributed by atoms with Crippen LogP contribution in [0.15, 0.2) is 18.2 Å². The first-order valence-electron chi connectivity index (χ1n) is 24.0. The van der Waals surface area contributed by atoms with Gasteiger partial charge in [0.2, 0.25) is 17.6 Å². The number of morpholine rings is 1. The number of hydrogen-bond donors (Lipinski definition) is 6. The summed E-state index contributed by atoms with van der Waals surface area (Å²) in [6.45, 7) is 4.95. The van der Waals surface area contributed by atoms with Gasteiger partial charge in [-0.05, 0) is 19.4 Å². The van der Waals surface area contributed by atoms with Gasteiger partial charge >= 0.3 is 5.97 Å². The number of benzene rings is 2. The number of fused-ring (bicyclic) bond motifs is 6. The van der Waals surface area contributed by atoms with Crippen LogP contribution in [0.4, 0.5) is 0 Å². The maximum absolute atomic E-state index is 14.2. The molecule has 4 heterocycles. The molecule has 24 heteroatoms. The highest BCUT2D eigenvalue weighted by Crippen LogP contribution is 2.53. The summed E-state index contributed by atoms with van der Waals surface area (Å²) in [7, 11) is 2.84. The average molecular weight is 1020 g/mol. The van der Waals surface area contributed by atoms with Gasteiger partial charge in [-0.1, -0.05) is 12.1 Å². The quantitative estimate of drug-likeness (QED) is 0.0468. The molecular weight excluding hydrogens is 953 g/mol. The Hall–Kier alpha value is -5.38. The van der Waals surface area contributed by atoms with Crippen molar-refractivity contribution in [2.45, 2.75) is 94.2 Å². The van der Waals surface area contributed by atoms with E-state index in [2.05, 4.69) is 15.8 Å². The standard InChI is InChI=1S/C48H62N4O20/c1-25-43-29(52-11-14-69-46(64-3)44(52)72-43)21-34(70-25)71-31-23-48(62,22-28-36(31)42(58)38-37(40(28)56)39(55)27-5-4-6-30(63-2)35(27)41(38)57)47(61)50-49-32(53)8-12-65-15-17-67-19-20-68-18-16-66-13-9-33(54)51-10-7-26(24-51)45(59)60/h4-6,25-26,29,31,34,43-44,46,56,58,62H,7-24H2,1-3H3,(H,49,53)(H,50,61)(H,59,60)/t25-,26?,29-,31-,34-,43+,44+,46-,48-/m0/s1. The molecule has 4 saturated heterocycles. The minimum Gasteiger partial charge on any atom is -0.507 e. The van der Waals surface area contributed by atoms with Crippen molar-refractivity contribution in [2.24, 2.45) is 5.92 Å². The van der Waals surface area contributed by atoms with Gasteiger partial charge in [-0.25, -0.2) is 0 Å². The minimum atomic E-state index is -2.43. The topological polar surface area (TPSA) is 306 Å². The molecule has 0 radical (unpaired) electrons. The molecule has 6 N–H and O–H groups in total. The summed E-state index contributed by atoms with van der Waals surface area (Å²) in [4.78, 5) is 81.9. The number of aromatic hydroxyl groups is 2. The van der Waals surface area contributed by atoms with Crippen LogP contribution < -0.4 is 15.6 Å². The number of ketones is 2. The third-order valence-electron chi connectivity index (χ3n) is 13.9. The molecule has 0 aromatic heterocycles. The maximum Gasteiger partial charge on any atom is 0.308 e. The van der Waals surface area contributed by atoms with Crippen molar-refractivity contribution in [3.8, 4) is 17.2 Å². The number of carboxylic acids is 1. The number of nitrogens with zero attached hydrogens (tertiary/aromatic N) is 2. The predicted octanol–water partition coefficient (Wildman–Crippen LogP) is 0.0770. The van der Waals surface area contributed by atoms with Crippen molar-refractivity contribution in [3.05, 3.63) is 51.6 Å². The van der Waals surface area contributed by atoms with Gasteiger partial charge in [0, 0.05) is 68.7 Å². The number of carbonyl (C=O) groups excluding carboxylic acids is 5. The summed E-state index contributed by atoms with van der Waals surface area (Å²) in [6, 6.07) is 4.13. The van der Waals surface area contributed by atoms with Crippen molar-refractivity contribution < 1.29 is 96.6 Å². The molecule has 394 valence electrons.